The zero-order valence-electron chi connectivity index (χ0n) is 9.21. The highest BCUT2D eigenvalue weighted by Gasteiger charge is 2.66. The Kier molecular flexibility index (Phi) is 2.32. The monoisotopic (exact) mass is 210 g/mol. The second-order valence-corrected chi connectivity index (χ2v) is 4.17. The molecule has 0 spiro atoms. The van der Waals surface area contributed by atoms with E-state index in [1.807, 2.05) is 20.8 Å². The molecule has 0 bridgehead atoms. The molecule has 15 heavy (non-hydrogen) atoms. The van der Waals surface area contributed by atoms with E-state index in [-0.39, 0.29) is 11.4 Å². The topological polar surface area (TPSA) is 21.8 Å². The molecule has 0 aliphatic carbocycles. The summed E-state index contributed by atoms with van der Waals surface area (Å²) in [5.74, 6) is -0.932. The predicted molar refractivity (Wildman–Crippen MR) is 54.9 cm³/mol. The number of epoxide rings is 1. The van der Waals surface area contributed by atoms with Crippen LogP contribution in [-0.2, 0) is 15.3 Å². The van der Waals surface area contributed by atoms with Crippen molar-refractivity contribution in [3.8, 4) is 0 Å². The van der Waals surface area contributed by atoms with Crippen molar-refractivity contribution in [2.45, 2.75) is 32.2 Å². The molecule has 0 amide bonds. The third-order valence-corrected chi connectivity index (χ3v) is 2.72. The summed E-state index contributed by atoms with van der Waals surface area (Å²) in [7, 11) is 0. The van der Waals surface area contributed by atoms with Gasteiger partial charge < -0.3 is 9.47 Å². The van der Waals surface area contributed by atoms with Crippen molar-refractivity contribution in [2.75, 3.05) is 6.61 Å². The zero-order valence-corrected chi connectivity index (χ0v) is 9.21. The number of halogens is 1. The predicted octanol–water partition coefficient (Wildman–Crippen LogP) is 2.82. The van der Waals surface area contributed by atoms with Gasteiger partial charge in [-0.2, -0.15) is 0 Å². The second-order valence-electron chi connectivity index (χ2n) is 4.17. The van der Waals surface area contributed by atoms with Crippen LogP contribution in [0.3, 0.4) is 0 Å². The van der Waals surface area contributed by atoms with Crippen molar-refractivity contribution in [3.63, 3.8) is 0 Å². The van der Waals surface area contributed by atoms with Crippen LogP contribution in [0.4, 0.5) is 4.39 Å². The molecule has 2 rings (SSSR count). The Hall–Kier alpha value is -0.930. The summed E-state index contributed by atoms with van der Waals surface area (Å²) >= 11 is 0. The first-order chi connectivity index (χ1) is 7.02. The van der Waals surface area contributed by atoms with Gasteiger partial charge in [-0.15, -0.1) is 0 Å². The van der Waals surface area contributed by atoms with Gasteiger partial charge >= 0.3 is 0 Å². The van der Waals surface area contributed by atoms with Crippen LogP contribution in [-0.4, -0.2) is 12.2 Å². The molecule has 1 aliphatic heterocycles. The Bertz CT molecular complexity index is 358. The van der Waals surface area contributed by atoms with Gasteiger partial charge in [-0.3, -0.25) is 0 Å². The number of ether oxygens (including phenoxy) is 2. The van der Waals surface area contributed by atoms with E-state index < -0.39 is 5.79 Å². The molecule has 1 fully saturated rings. The average molecular weight is 210 g/mol. The van der Waals surface area contributed by atoms with Gasteiger partial charge in [0.05, 0.1) is 0 Å². The molecule has 0 saturated carbocycles. The van der Waals surface area contributed by atoms with Crippen LogP contribution < -0.4 is 0 Å². The summed E-state index contributed by atoms with van der Waals surface area (Å²) in [6.45, 7) is 6.42. The maximum absolute atomic E-state index is 12.8. The lowest BCUT2D eigenvalue weighted by Crippen LogP contribution is -2.22. The van der Waals surface area contributed by atoms with Gasteiger partial charge in [-0.1, -0.05) is 12.1 Å². The fourth-order valence-corrected chi connectivity index (χ4v) is 1.90. The molecule has 1 aliphatic rings. The van der Waals surface area contributed by atoms with E-state index in [0.717, 1.165) is 5.56 Å². The Labute approximate surface area is 89.0 Å². The third kappa shape index (κ3) is 1.56. The van der Waals surface area contributed by atoms with E-state index in [1.165, 1.54) is 12.1 Å². The van der Waals surface area contributed by atoms with Gasteiger partial charge in [0.15, 0.2) is 0 Å². The summed E-state index contributed by atoms with van der Waals surface area (Å²) < 4.78 is 24.0. The Morgan fingerprint density at radius 2 is 1.80 bits per heavy atom. The lowest BCUT2D eigenvalue weighted by atomic mass is 9.99. The number of benzene rings is 1. The van der Waals surface area contributed by atoms with Crippen molar-refractivity contribution in [1.82, 2.24) is 0 Å². The number of rotatable bonds is 3. The second kappa shape index (κ2) is 3.29. The molecule has 0 aromatic heterocycles. The molecular formula is C12H15FO2. The Morgan fingerprint density at radius 3 is 2.20 bits per heavy atom. The summed E-state index contributed by atoms with van der Waals surface area (Å²) in [5, 5.41) is 0. The quantitative estimate of drug-likeness (QED) is 0.715. The maximum Gasteiger partial charge on any atom is 0.225 e. The van der Waals surface area contributed by atoms with Gasteiger partial charge in [0.1, 0.15) is 11.4 Å². The van der Waals surface area contributed by atoms with E-state index >= 15 is 0 Å². The lowest BCUT2D eigenvalue weighted by molar-refractivity contribution is -0.0428. The van der Waals surface area contributed by atoms with E-state index in [9.17, 15) is 4.39 Å². The van der Waals surface area contributed by atoms with Crippen molar-refractivity contribution in [2.24, 2.45) is 0 Å². The summed E-state index contributed by atoms with van der Waals surface area (Å²) in [6, 6.07) is 6.27. The third-order valence-electron chi connectivity index (χ3n) is 2.72. The number of hydrogen-bond donors (Lipinski definition) is 0. The number of hydrogen-bond acceptors (Lipinski definition) is 2. The lowest BCUT2D eigenvalue weighted by Gasteiger charge is -2.15. The highest BCUT2D eigenvalue weighted by atomic mass is 19.1. The molecular weight excluding hydrogens is 195 g/mol. The van der Waals surface area contributed by atoms with Crippen molar-refractivity contribution in [3.05, 3.63) is 35.6 Å². The molecule has 1 atom stereocenters. The normalized spacial score (nSPS) is 27.7. The van der Waals surface area contributed by atoms with Crippen molar-refractivity contribution < 1.29 is 13.9 Å². The fraction of sp³-hybridized carbons (Fsp3) is 0.500. The Morgan fingerprint density at radius 1 is 1.27 bits per heavy atom. The molecule has 3 heteroatoms. The van der Waals surface area contributed by atoms with E-state index in [4.69, 9.17) is 9.47 Å². The summed E-state index contributed by atoms with van der Waals surface area (Å²) in [6.07, 6.45) is 0. The van der Waals surface area contributed by atoms with Crippen LogP contribution in [0.15, 0.2) is 24.3 Å². The molecule has 1 heterocycles. The smallest absolute Gasteiger partial charge is 0.225 e. The maximum atomic E-state index is 12.8. The molecule has 1 aromatic rings. The van der Waals surface area contributed by atoms with Crippen LogP contribution in [0, 0.1) is 5.82 Å². The molecule has 1 saturated heterocycles. The Balaban J connectivity index is 2.32. The fourth-order valence-electron chi connectivity index (χ4n) is 1.90. The van der Waals surface area contributed by atoms with Crippen molar-refractivity contribution >= 4 is 0 Å². The van der Waals surface area contributed by atoms with Gasteiger partial charge in [0.2, 0.25) is 5.79 Å². The standard InChI is InChI=1S/C12H15FO2/c1-4-14-12(11(2,3)15-12)9-5-7-10(13)8-6-9/h5-8H,4H2,1-3H3. The first kappa shape index (κ1) is 10.6. The van der Waals surface area contributed by atoms with E-state index in [1.54, 1.807) is 12.1 Å². The first-order valence-corrected chi connectivity index (χ1v) is 5.12. The molecule has 1 unspecified atom stereocenters. The highest BCUT2D eigenvalue weighted by molar-refractivity contribution is 5.29. The van der Waals surface area contributed by atoms with Crippen LogP contribution in [0.5, 0.6) is 0 Å². The van der Waals surface area contributed by atoms with Crippen LogP contribution in [0.25, 0.3) is 0 Å². The first-order valence-electron chi connectivity index (χ1n) is 5.12. The average Bonchev–Trinajstić information content (AvgIpc) is 2.71. The van der Waals surface area contributed by atoms with Crippen LogP contribution in [0.2, 0.25) is 0 Å². The van der Waals surface area contributed by atoms with Gasteiger partial charge in [-0.05, 0) is 32.9 Å². The molecule has 0 radical (unpaired) electrons. The van der Waals surface area contributed by atoms with Gasteiger partial charge in [-0.25, -0.2) is 4.39 Å². The van der Waals surface area contributed by atoms with Gasteiger partial charge in [0.25, 0.3) is 0 Å². The van der Waals surface area contributed by atoms with E-state index in [2.05, 4.69) is 0 Å². The molecule has 1 aromatic carbocycles. The van der Waals surface area contributed by atoms with Crippen LogP contribution in [0.1, 0.15) is 26.3 Å². The summed E-state index contributed by atoms with van der Waals surface area (Å²) in [4.78, 5) is 0. The minimum absolute atomic E-state index is 0.246. The molecule has 0 N–H and O–H groups in total. The minimum Gasteiger partial charge on any atom is -0.344 e. The van der Waals surface area contributed by atoms with Crippen LogP contribution >= 0.6 is 0 Å². The highest BCUT2D eigenvalue weighted by Crippen LogP contribution is 2.56. The largest absolute Gasteiger partial charge is 0.344 e. The minimum atomic E-state index is -0.685. The SMILES string of the molecule is CCOC1(c2ccc(F)cc2)OC1(C)C. The summed E-state index contributed by atoms with van der Waals surface area (Å²) in [5.41, 5.74) is 0.539. The van der Waals surface area contributed by atoms with Gasteiger partial charge in [0, 0.05) is 12.2 Å². The molecule has 2 nitrogen and oxygen atoms in total. The van der Waals surface area contributed by atoms with Crippen molar-refractivity contribution in [1.29, 1.82) is 0 Å². The zero-order chi connectivity index (χ0) is 11.1. The van der Waals surface area contributed by atoms with E-state index in [0.29, 0.717) is 6.61 Å². The molecule has 82 valence electrons.